The molecular formula is C13H18N2O2. The van der Waals surface area contributed by atoms with Gasteiger partial charge in [-0.15, -0.1) is 0 Å². The highest BCUT2D eigenvalue weighted by molar-refractivity contribution is 5.72. The molecule has 1 amide bonds. The number of carbonyl (C=O) groups is 1. The third-order valence-electron chi connectivity index (χ3n) is 3.03. The zero-order valence-corrected chi connectivity index (χ0v) is 10.7. The molecule has 0 spiro atoms. The lowest BCUT2D eigenvalue weighted by atomic mass is 9.99. The molecule has 0 N–H and O–H groups in total. The minimum Gasteiger partial charge on any atom is -0.439 e. The van der Waals surface area contributed by atoms with Crippen LogP contribution in [0.15, 0.2) is 24.5 Å². The number of aromatic nitrogens is 1. The van der Waals surface area contributed by atoms with Gasteiger partial charge in [-0.05, 0) is 45.4 Å². The van der Waals surface area contributed by atoms with Crippen molar-refractivity contribution in [2.24, 2.45) is 0 Å². The Morgan fingerprint density at radius 1 is 1.29 bits per heavy atom. The summed E-state index contributed by atoms with van der Waals surface area (Å²) in [6, 6.07) is 3.81. The Hall–Kier alpha value is -1.58. The molecule has 2 rings (SSSR count). The van der Waals surface area contributed by atoms with Crippen LogP contribution in [-0.2, 0) is 4.74 Å². The molecule has 1 aliphatic heterocycles. The molecule has 1 saturated heterocycles. The fourth-order valence-corrected chi connectivity index (χ4v) is 2.35. The molecule has 0 radical (unpaired) electrons. The lowest BCUT2D eigenvalue weighted by Crippen LogP contribution is -2.46. The van der Waals surface area contributed by atoms with Crippen molar-refractivity contribution in [1.82, 2.24) is 9.88 Å². The first-order chi connectivity index (χ1) is 7.91. The summed E-state index contributed by atoms with van der Waals surface area (Å²) in [4.78, 5) is 17.7. The minimum atomic E-state index is -0.244. The number of hydrogen-bond donors (Lipinski definition) is 0. The van der Waals surface area contributed by atoms with E-state index in [4.69, 9.17) is 4.74 Å². The van der Waals surface area contributed by atoms with Crippen molar-refractivity contribution in [2.75, 3.05) is 0 Å². The van der Waals surface area contributed by atoms with Gasteiger partial charge in [0.05, 0.1) is 6.04 Å². The Morgan fingerprint density at radius 2 is 1.88 bits per heavy atom. The van der Waals surface area contributed by atoms with Crippen LogP contribution in [0.25, 0.3) is 0 Å². The highest BCUT2D eigenvalue weighted by Crippen LogP contribution is 2.36. The second kappa shape index (κ2) is 4.02. The molecule has 0 aromatic carbocycles. The largest absolute Gasteiger partial charge is 0.439 e. The van der Waals surface area contributed by atoms with Crippen LogP contribution in [0.4, 0.5) is 4.79 Å². The van der Waals surface area contributed by atoms with Gasteiger partial charge in [0.25, 0.3) is 0 Å². The third kappa shape index (κ3) is 2.12. The van der Waals surface area contributed by atoms with E-state index in [9.17, 15) is 4.79 Å². The number of pyridine rings is 1. The maximum absolute atomic E-state index is 11.9. The van der Waals surface area contributed by atoms with Crippen molar-refractivity contribution in [3.8, 4) is 0 Å². The molecule has 0 unspecified atom stereocenters. The first kappa shape index (κ1) is 11.9. The summed E-state index contributed by atoms with van der Waals surface area (Å²) in [5, 5.41) is 0. The van der Waals surface area contributed by atoms with Gasteiger partial charge < -0.3 is 4.74 Å². The summed E-state index contributed by atoms with van der Waals surface area (Å²) in [6.45, 7) is 8.06. The molecule has 2 heterocycles. The quantitative estimate of drug-likeness (QED) is 0.750. The number of nitrogens with zero attached hydrogens (tertiary/aromatic N) is 2. The molecule has 17 heavy (non-hydrogen) atoms. The molecule has 1 aromatic rings. The van der Waals surface area contributed by atoms with Crippen molar-refractivity contribution >= 4 is 6.09 Å². The Labute approximate surface area is 102 Å². The third-order valence-corrected chi connectivity index (χ3v) is 3.03. The van der Waals surface area contributed by atoms with Crippen LogP contribution >= 0.6 is 0 Å². The van der Waals surface area contributed by atoms with Gasteiger partial charge in [-0.3, -0.25) is 9.88 Å². The fraction of sp³-hybridized carbons (Fsp3) is 0.538. The molecule has 0 saturated carbocycles. The zero-order valence-electron chi connectivity index (χ0n) is 10.7. The smallest absolute Gasteiger partial charge is 0.411 e. The Kier molecular flexibility index (Phi) is 2.81. The standard InChI is InChI=1S/C13H18N2O2/c1-9-11(10-5-7-14-8-6-10)17-12(16)15(9)13(2,3)4/h5-9,11H,1-4H3/t9-,11-/m0/s1. The molecule has 1 fully saturated rings. The summed E-state index contributed by atoms with van der Waals surface area (Å²) >= 11 is 0. The molecule has 4 nitrogen and oxygen atoms in total. The van der Waals surface area contributed by atoms with Crippen LogP contribution in [0, 0.1) is 0 Å². The van der Waals surface area contributed by atoms with Gasteiger partial charge in [0.15, 0.2) is 0 Å². The Balaban J connectivity index is 2.28. The molecule has 2 atom stereocenters. The summed E-state index contributed by atoms with van der Waals surface area (Å²) in [5.41, 5.74) is 0.769. The summed E-state index contributed by atoms with van der Waals surface area (Å²) in [7, 11) is 0. The summed E-state index contributed by atoms with van der Waals surface area (Å²) < 4.78 is 5.46. The zero-order chi connectivity index (χ0) is 12.6. The predicted octanol–water partition coefficient (Wildman–Crippen LogP) is 2.76. The van der Waals surface area contributed by atoms with Gasteiger partial charge in [-0.1, -0.05) is 0 Å². The lowest BCUT2D eigenvalue weighted by molar-refractivity contribution is 0.119. The van der Waals surface area contributed by atoms with Crippen LogP contribution in [0.3, 0.4) is 0 Å². The Bertz CT molecular complexity index is 411. The van der Waals surface area contributed by atoms with E-state index in [0.717, 1.165) is 5.56 Å². The highest BCUT2D eigenvalue weighted by atomic mass is 16.6. The molecule has 0 bridgehead atoms. The van der Waals surface area contributed by atoms with Crippen LogP contribution in [0.2, 0.25) is 0 Å². The van der Waals surface area contributed by atoms with Crippen LogP contribution in [0.1, 0.15) is 39.4 Å². The molecule has 92 valence electrons. The number of amides is 1. The van der Waals surface area contributed by atoms with Gasteiger partial charge in [0.2, 0.25) is 0 Å². The number of carbonyl (C=O) groups excluding carboxylic acids is 1. The maximum atomic E-state index is 11.9. The van der Waals surface area contributed by atoms with Crippen molar-refractivity contribution in [2.45, 2.75) is 45.4 Å². The highest BCUT2D eigenvalue weighted by Gasteiger charge is 2.44. The predicted molar refractivity (Wildman–Crippen MR) is 64.5 cm³/mol. The van der Waals surface area contributed by atoms with Gasteiger partial charge >= 0.3 is 6.09 Å². The maximum Gasteiger partial charge on any atom is 0.411 e. The van der Waals surface area contributed by atoms with Crippen molar-refractivity contribution in [1.29, 1.82) is 0 Å². The number of hydrogen-bond acceptors (Lipinski definition) is 3. The number of cyclic esters (lactones) is 1. The average Bonchev–Trinajstić information content (AvgIpc) is 2.54. The lowest BCUT2D eigenvalue weighted by Gasteiger charge is -2.33. The minimum absolute atomic E-state index is 0.0323. The van der Waals surface area contributed by atoms with E-state index in [-0.39, 0.29) is 23.8 Å². The van der Waals surface area contributed by atoms with Gasteiger partial charge in [-0.25, -0.2) is 4.79 Å². The fourth-order valence-electron chi connectivity index (χ4n) is 2.35. The van der Waals surface area contributed by atoms with Crippen molar-refractivity contribution in [3.63, 3.8) is 0 Å². The van der Waals surface area contributed by atoms with Crippen LogP contribution in [-0.4, -0.2) is 27.6 Å². The van der Waals surface area contributed by atoms with Gasteiger partial charge in [0.1, 0.15) is 6.10 Å². The molecular weight excluding hydrogens is 216 g/mol. The van der Waals surface area contributed by atoms with Gasteiger partial charge in [0, 0.05) is 17.9 Å². The second-order valence-electron chi connectivity index (χ2n) is 5.37. The van der Waals surface area contributed by atoms with Crippen molar-refractivity contribution in [3.05, 3.63) is 30.1 Å². The second-order valence-corrected chi connectivity index (χ2v) is 5.37. The normalized spacial score (nSPS) is 24.9. The van der Waals surface area contributed by atoms with E-state index in [1.54, 1.807) is 17.3 Å². The topological polar surface area (TPSA) is 42.4 Å². The molecule has 1 aliphatic rings. The first-order valence-electron chi connectivity index (χ1n) is 5.81. The molecule has 0 aliphatic carbocycles. The molecule has 4 heteroatoms. The van der Waals surface area contributed by atoms with E-state index in [1.807, 2.05) is 39.8 Å². The van der Waals surface area contributed by atoms with E-state index < -0.39 is 0 Å². The molecule has 1 aromatic heterocycles. The SMILES string of the molecule is C[C@H]1[C@@H](c2ccncc2)OC(=O)N1C(C)(C)C. The Morgan fingerprint density at radius 3 is 2.35 bits per heavy atom. The van der Waals surface area contributed by atoms with Crippen LogP contribution < -0.4 is 0 Å². The summed E-state index contributed by atoms with van der Waals surface area (Å²) in [5.74, 6) is 0. The number of ether oxygens (including phenoxy) is 1. The van der Waals surface area contributed by atoms with Crippen LogP contribution in [0.5, 0.6) is 0 Å². The van der Waals surface area contributed by atoms with E-state index in [1.165, 1.54) is 0 Å². The monoisotopic (exact) mass is 234 g/mol. The number of rotatable bonds is 1. The van der Waals surface area contributed by atoms with E-state index in [2.05, 4.69) is 4.98 Å². The van der Waals surface area contributed by atoms with Crippen molar-refractivity contribution < 1.29 is 9.53 Å². The van der Waals surface area contributed by atoms with E-state index >= 15 is 0 Å². The summed E-state index contributed by atoms with van der Waals surface area (Å²) in [6.07, 6.45) is 2.99. The van der Waals surface area contributed by atoms with E-state index in [0.29, 0.717) is 0 Å². The first-order valence-corrected chi connectivity index (χ1v) is 5.81. The average molecular weight is 234 g/mol. The van der Waals surface area contributed by atoms with Gasteiger partial charge in [-0.2, -0.15) is 0 Å².